The molecule has 2 rings (SSSR count). The molecule has 4 heteroatoms. The molecule has 1 aliphatic rings. The van der Waals surface area contributed by atoms with E-state index in [1.54, 1.807) is 0 Å². The third kappa shape index (κ3) is 3.40. The molecule has 0 saturated heterocycles. The van der Waals surface area contributed by atoms with Gasteiger partial charge in [0.2, 0.25) is 0 Å². The summed E-state index contributed by atoms with van der Waals surface area (Å²) in [6.07, 6.45) is 2.17. The number of carbonyl (C=O) groups excluding carboxylic acids is 1. The van der Waals surface area contributed by atoms with Crippen molar-refractivity contribution in [2.45, 2.75) is 32.1 Å². The van der Waals surface area contributed by atoms with E-state index in [1.807, 2.05) is 18.2 Å². The second kappa shape index (κ2) is 6.45. The summed E-state index contributed by atoms with van der Waals surface area (Å²) in [5.74, 6) is 1.54. The molecule has 0 fully saturated rings. The first kappa shape index (κ1) is 13.7. The Balaban J connectivity index is 2.19. The molecule has 0 amide bonds. The van der Waals surface area contributed by atoms with E-state index in [0.29, 0.717) is 19.6 Å². The number of carbonyl (C=O) groups is 1. The van der Waals surface area contributed by atoms with Gasteiger partial charge < -0.3 is 14.2 Å². The van der Waals surface area contributed by atoms with Crippen LogP contribution in [-0.4, -0.2) is 26.3 Å². The van der Waals surface area contributed by atoms with E-state index in [9.17, 15) is 4.79 Å². The number of methoxy groups -OCH3 is 1. The third-order valence-electron chi connectivity index (χ3n) is 3.38. The van der Waals surface area contributed by atoms with Crippen LogP contribution in [0.5, 0.6) is 11.5 Å². The van der Waals surface area contributed by atoms with E-state index in [1.165, 1.54) is 7.11 Å². The van der Waals surface area contributed by atoms with Gasteiger partial charge in [0.15, 0.2) is 11.5 Å². The van der Waals surface area contributed by atoms with E-state index < -0.39 is 0 Å². The van der Waals surface area contributed by atoms with E-state index in [0.717, 1.165) is 29.9 Å². The van der Waals surface area contributed by atoms with Crippen molar-refractivity contribution in [3.05, 3.63) is 23.8 Å². The van der Waals surface area contributed by atoms with Crippen LogP contribution in [0.4, 0.5) is 0 Å². The number of ether oxygens (including phenoxy) is 3. The smallest absolute Gasteiger partial charge is 0.306 e. The quantitative estimate of drug-likeness (QED) is 0.784. The van der Waals surface area contributed by atoms with Crippen molar-refractivity contribution in [2.75, 3.05) is 20.3 Å². The average molecular weight is 264 g/mol. The van der Waals surface area contributed by atoms with Crippen LogP contribution >= 0.6 is 0 Å². The van der Waals surface area contributed by atoms with E-state index >= 15 is 0 Å². The highest BCUT2D eigenvalue weighted by molar-refractivity contribution is 5.70. The predicted octanol–water partition coefficient (Wildman–Crippen LogP) is 2.90. The van der Waals surface area contributed by atoms with Gasteiger partial charge in [0.25, 0.3) is 0 Å². The summed E-state index contributed by atoms with van der Waals surface area (Å²) in [4.78, 5) is 11.4. The second-order valence-corrected chi connectivity index (χ2v) is 4.64. The van der Waals surface area contributed by atoms with Crippen LogP contribution < -0.4 is 9.47 Å². The fourth-order valence-corrected chi connectivity index (χ4v) is 2.22. The van der Waals surface area contributed by atoms with Gasteiger partial charge >= 0.3 is 5.97 Å². The summed E-state index contributed by atoms with van der Waals surface area (Å²) < 4.78 is 16.0. The van der Waals surface area contributed by atoms with Crippen molar-refractivity contribution in [1.82, 2.24) is 0 Å². The van der Waals surface area contributed by atoms with Gasteiger partial charge in [-0.05, 0) is 30.0 Å². The number of esters is 1. The molecule has 0 bridgehead atoms. The zero-order chi connectivity index (χ0) is 13.7. The van der Waals surface area contributed by atoms with Gasteiger partial charge in [-0.1, -0.05) is 13.0 Å². The van der Waals surface area contributed by atoms with Crippen LogP contribution in [0.3, 0.4) is 0 Å². The minimum atomic E-state index is -0.182. The van der Waals surface area contributed by atoms with Gasteiger partial charge in [-0.15, -0.1) is 0 Å². The van der Waals surface area contributed by atoms with Crippen molar-refractivity contribution in [2.24, 2.45) is 0 Å². The van der Waals surface area contributed by atoms with Gasteiger partial charge in [-0.3, -0.25) is 4.79 Å². The van der Waals surface area contributed by atoms with Crippen LogP contribution in [0.2, 0.25) is 0 Å². The Morgan fingerprint density at radius 1 is 1.32 bits per heavy atom. The first-order valence-corrected chi connectivity index (χ1v) is 6.71. The summed E-state index contributed by atoms with van der Waals surface area (Å²) in [6.45, 7) is 3.42. The first-order valence-electron chi connectivity index (χ1n) is 6.71. The number of benzene rings is 1. The molecule has 0 N–H and O–H groups in total. The molecular weight excluding hydrogens is 244 g/mol. The Morgan fingerprint density at radius 2 is 2.05 bits per heavy atom. The summed E-state index contributed by atoms with van der Waals surface area (Å²) in [5, 5.41) is 0. The molecule has 1 unspecified atom stereocenters. The van der Waals surface area contributed by atoms with Crippen LogP contribution in [0.15, 0.2) is 18.2 Å². The van der Waals surface area contributed by atoms with Gasteiger partial charge in [-0.25, -0.2) is 0 Å². The Bertz CT molecular complexity index is 442. The molecule has 1 aromatic rings. The van der Waals surface area contributed by atoms with Crippen LogP contribution in [0, 0.1) is 0 Å². The lowest BCUT2D eigenvalue weighted by molar-refractivity contribution is -0.141. The maximum Gasteiger partial charge on any atom is 0.306 e. The zero-order valence-electron chi connectivity index (χ0n) is 11.5. The fraction of sp³-hybridized carbons (Fsp3) is 0.533. The van der Waals surface area contributed by atoms with E-state index in [2.05, 4.69) is 6.92 Å². The average Bonchev–Trinajstić information content (AvgIpc) is 2.68. The summed E-state index contributed by atoms with van der Waals surface area (Å²) in [5.41, 5.74) is 1.09. The Kier molecular flexibility index (Phi) is 4.66. The molecule has 0 radical (unpaired) electrons. The zero-order valence-corrected chi connectivity index (χ0v) is 11.5. The van der Waals surface area contributed by atoms with Crippen LogP contribution in [0.1, 0.15) is 37.7 Å². The Hall–Kier alpha value is -1.71. The van der Waals surface area contributed by atoms with Crippen molar-refractivity contribution in [3.63, 3.8) is 0 Å². The molecule has 0 saturated carbocycles. The molecule has 1 atom stereocenters. The number of hydrogen-bond acceptors (Lipinski definition) is 4. The third-order valence-corrected chi connectivity index (χ3v) is 3.38. The SMILES string of the molecule is CCC(CC(=O)OC)c1ccc2c(c1)OCCCO2. The van der Waals surface area contributed by atoms with Gasteiger partial charge in [0.1, 0.15) is 0 Å². The monoisotopic (exact) mass is 264 g/mol. The lowest BCUT2D eigenvalue weighted by atomic mass is 9.93. The minimum absolute atomic E-state index is 0.157. The standard InChI is InChI=1S/C15H20O4/c1-3-11(10-15(16)17-2)12-5-6-13-14(9-12)19-8-4-7-18-13/h5-6,9,11H,3-4,7-8,10H2,1-2H3. The summed E-state index contributed by atoms with van der Waals surface area (Å²) in [7, 11) is 1.42. The molecule has 0 spiro atoms. The topological polar surface area (TPSA) is 44.8 Å². The maximum atomic E-state index is 11.4. The van der Waals surface area contributed by atoms with Crippen molar-refractivity contribution in [3.8, 4) is 11.5 Å². The molecule has 1 aromatic carbocycles. The largest absolute Gasteiger partial charge is 0.490 e. The molecule has 4 nitrogen and oxygen atoms in total. The number of fused-ring (bicyclic) bond motifs is 1. The number of rotatable bonds is 4. The van der Waals surface area contributed by atoms with Crippen molar-refractivity contribution < 1.29 is 19.0 Å². The van der Waals surface area contributed by atoms with Crippen molar-refractivity contribution >= 4 is 5.97 Å². The maximum absolute atomic E-state index is 11.4. The Morgan fingerprint density at radius 3 is 2.74 bits per heavy atom. The lowest BCUT2D eigenvalue weighted by Crippen LogP contribution is -2.08. The Labute approximate surface area is 113 Å². The highest BCUT2D eigenvalue weighted by atomic mass is 16.5. The lowest BCUT2D eigenvalue weighted by Gasteiger charge is -2.16. The van der Waals surface area contributed by atoms with Crippen LogP contribution in [0.25, 0.3) is 0 Å². The first-order chi connectivity index (χ1) is 9.24. The van der Waals surface area contributed by atoms with Gasteiger partial charge in [-0.2, -0.15) is 0 Å². The molecule has 19 heavy (non-hydrogen) atoms. The van der Waals surface area contributed by atoms with Crippen LogP contribution in [-0.2, 0) is 9.53 Å². The second-order valence-electron chi connectivity index (χ2n) is 4.64. The van der Waals surface area contributed by atoms with Crippen molar-refractivity contribution in [1.29, 1.82) is 0 Å². The summed E-state index contributed by atoms with van der Waals surface area (Å²) in [6, 6.07) is 5.91. The minimum Gasteiger partial charge on any atom is -0.490 e. The molecule has 1 heterocycles. The fourth-order valence-electron chi connectivity index (χ4n) is 2.22. The highest BCUT2D eigenvalue weighted by Crippen LogP contribution is 2.34. The highest BCUT2D eigenvalue weighted by Gasteiger charge is 2.18. The van der Waals surface area contributed by atoms with Gasteiger partial charge in [0, 0.05) is 6.42 Å². The molecule has 0 aliphatic carbocycles. The van der Waals surface area contributed by atoms with E-state index in [-0.39, 0.29) is 11.9 Å². The van der Waals surface area contributed by atoms with E-state index in [4.69, 9.17) is 14.2 Å². The molecule has 0 aromatic heterocycles. The predicted molar refractivity (Wildman–Crippen MR) is 71.7 cm³/mol. The number of hydrogen-bond donors (Lipinski definition) is 0. The normalized spacial score (nSPS) is 15.5. The molecule has 1 aliphatic heterocycles. The molecule has 104 valence electrons. The van der Waals surface area contributed by atoms with Gasteiger partial charge in [0.05, 0.1) is 26.7 Å². The molecular formula is C15H20O4. The summed E-state index contributed by atoms with van der Waals surface area (Å²) >= 11 is 0.